The molecule has 0 N–H and O–H groups in total. The Labute approximate surface area is 101 Å². The predicted octanol–water partition coefficient (Wildman–Crippen LogP) is 2.20. The molecule has 0 bridgehead atoms. The Morgan fingerprint density at radius 2 is 1.94 bits per heavy atom. The predicted molar refractivity (Wildman–Crippen MR) is 68.2 cm³/mol. The summed E-state index contributed by atoms with van der Waals surface area (Å²) >= 11 is 0. The van der Waals surface area contributed by atoms with E-state index < -0.39 is 0 Å². The normalized spacial score (nSPS) is 16.1. The van der Waals surface area contributed by atoms with Crippen LogP contribution in [0.3, 0.4) is 0 Å². The summed E-state index contributed by atoms with van der Waals surface area (Å²) in [6, 6.07) is 8.27. The zero-order valence-electron chi connectivity index (χ0n) is 10.2. The largest absolute Gasteiger partial charge is 0.340 e. The fourth-order valence-corrected chi connectivity index (χ4v) is 2.77. The van der Waals surface area contributed by atoms with Gasteiger partial charge in [-0.2, -0.15) is 0 Å². The van der Waals surface area contributed by atoms with Crippen molar-refractivity contribution in [1.82, 2.24) is 9.47 Å². The first-order valence-electron chi connectivity index (χ1n) is 6.02. The molecule has 1 aromatic heterocycles. The van der Waals surface area contributed by atoms with Crippen LogP contribution in [0.2, 0.25) is 0 Å². The van der Waals surface area contributed by atoms with E-state index >= 15 is 0 Å². The highest BCUT2D eigenvalue weighted by Gasteiger charge is 2.25. The molecule has 17 heavy (non-hydrogen) atoms. The van der Waals surface area contributed by atoms with Gasteiger partial charge in [-0.15, -0.1) is 0 Å². The molecule has 1 aromatic carbocycles. The van der Waals surface area contributed by atoms with Gasteiger partial charge in [0.15, 0.2) is 0 Å². The molecule has 0 unspecified atom stereocenters. The maximum atomic E-state index is 12.3. The molecule has 0 fully saturated rings. The first-order chi connectivity index (χ1) is 8.20. The number of fused-ring (bicyclic) bond motifs is 3. The molecule has 3 rings (SSSR count). The lowest BCUT2D eigenvalue weighted by atomic mass is 10.1. The molecule has 0 saturated carbocycles. The van der Waals surface area contributed by atoms with Crippen molar-refractivity contribution in [2.24, 2.45) is 7.05 Å². The second-order valence-electron chi connectivity index (χ2n) is 4.73. The van der Waals surface area contributed by atoms with Gasteiger partial charge in [0.25, 0.3) is 5.91 Å². The molecule has 0 spiro atoms. The van der Waals surface area contributed by atoms with E-state index in [9.17, 15) is 4.79 Å². The monoisotopic (exact) mass is 228 g/mol. The van der Waals surface area contributed by atoms with Gasteiger partial charge in [0, 0.05) is 31.5 Å². The standard InChI is InChI=1S/C14H16N2O/c1-15-9-5-7-11-10-6-3-4-8-12(10)16(2)13(11)14(15)17/h3-4,6,8H,5,7,9H2,1-2H3. The summed E-state index contributed by atoms with van der Waals surface area (Å²) in [6.07, 6.45) is 2.04. The number of aryl methyl sites for hydroxylation is 2. The van der Waals surface area contributed by atoms with Crippen LogP contribution in [0.25, 0.3) is 10.9 Å². The summed E-state index contributed by atoms with van der Waals surface area (Å²) < 4.78 is 2.04. The molecular formula is C14H16N2O. The Bertz CT molecular complexity index is 598. The zero-order chi connectivity index (χ0) is 12.0. The van der Waals surface area contributed by atoms with Crippen molar-refractivity contribution in [2.45, 2.75) is 12.8 Å². The zero-order valence-corrected chi connectivity index (χ0v) is 10.2. The lowest BCUT2D eigenvalue weighted by Gasteiger charge is -2.14. The number of hydrogen-bond acceptors (Lipinski definition) is 1. The SMILES string of the molecule is CN1CCCc2c(n(C)c3ccccc23)C1=O. The topological polar surface area (TPSA) is 25.2 Å². The molecule has 3 nitrogen and oxygen atoms in total. The highest BCUT2D eigenvalue weighted by molar-refractivity contribution is 6.02. The van der Waals surface area contributed by atoms with Gasteiger partial charge in [-0.05, 0) is 24.5 Å². The summed E-state index contributed by atoms with van der Waals surface area (Å²) in [6.45, 7) is 0.849. The van der Waals surface area contributed by atoms with Crippen LogP contribution in [0.15, 0.2) is 24.3 Å². The minimum absolute atomic E-state index is 0.149. The smallest absolute Gasteiger partial charge is 0.270 e. The van der Waals surface area contributed by atoms with Crippen molar-refractivity contribution < 1.29 is 4.79 Å². The van der Waals surface area contributed by atoms with E-state index in [0.717, 1.165) is 30.6 Å². The Balaban J connectivity index is 2.35. The van der Waals surface area contributed by atoms with E-state index in [1.165, 1.54) is 10.9 Å². The highest BCUT2D eigenvalue weighted by Crippen LogP contribution is 2.29. The Morgan fingerprint density at radius 1 is 1.18 bits per heavy atom. The highest BCUT2D eigenvalue weighted by atomic mass is 16.2. The van der Waals surface area contributed by atoms with Crippen molar-refractivity contribution in [3.8, 4) is 0 Å². The van der Waals surface area contributed by atoms with E-state index in [-0.39, 0.29) is 5.91 Å². The first kappa shape index (κ1) is 10.4. The van der Waals surface area contributed by atoms with Crippen LogP contribution in [0.4, 0.5) is 0 Å². The second-order valence-corrected chi connectivity index (χ2v) is 4.73. The Hall–Kier alpha value is -1.77. The number of benzene rings is 1. The van der Waals surface area contributed by atoms with E-state index in [1.54, 1.807) is 0 Å². The minimum Gasteiger partial charge on any atom is -0.340 e. The minimum atomic E-state index is 0.149. The van der Waals surface area contributed by atoms with Crippen LogP contribution in [-0.2, 0) is 13.5 Å². The van der Waals surface area contributed by atoms with Gasteiger partial charge in [-0.3, -0.25) is 4.79 Å². The van der Waals surface area contributed by atoms with Gasteiger partial charge in [-0.25, -0.2) is 0 Å². The number of carbonyl (C=O) groups is 1. The van der Waals surface area contributed by atoms with Gasteiger partial charge in [0.05, 0.1) is 0 Å². The molecule has 0 saturated heterocycles. The number of amides is 1. The van der Waals surface area contributed by atoms with Gasteiger partial charge in [-0.1, -0.05) is 18.2 Å². The molecular weight excluding hydrogens is 212 g/mol. The van der Waals surface area contributed by atoms with Crippen molar-refractivity contribution in [1.29, 1.82) is 0 Å². The van der Waals surface area contributed by atoms with Crippen LogP contribution in [-0.4, -0.2) is 29.0 Å². The molecule has 0 aliphatic carbocycles. The maximum absolute atomic E-state index is 12.3. The molecule has 2 heterocycles. The number of carbonyl (C=O) groups excluding carboxylic acids is 1. The molecule has 0 radical (unpaired) electrons. The summed E-state index contributed by atoms with van der Waals surface area (Å²) in [4.78, 5) is 14.2. The average Bonchev–Trinajstić information content (AvgIpc) is 2.53. The van der Waals surface area contributed by atoms with Crippen molar-refractivity contribution in [2.75, 3.05) is 13.6 Å². The maximum Gasteiger partial charge on any atom is 0.270 e. The van der Waals surface area contributed by atoms with Crippen LogP contribution >= 0.6 is 0 Å². The first-order valence-corrected chi connectivity index (χ1v) is 6.02. The number of para-hydroxylation sites is 1. The van der Waals surface area contributed by atoms with Crippen molar-refractivity contribution >= 4 is 16.8 Å². The van der Waals surface area contributed by atoms with Crippen molar-refractivity contribution in [3.63, 3.8) is 0 Å². The van der Waals surface area contributed by atoms with E-state index in [1.807, 2.05) is 35.7 Å². The number of rotatable bonds is 0. The average molecular weight is 228 g/mol. The van der Waals surface area contributed by atoms with Gasteiger partial charge >= 0.3 is 0 Å². The van der Waals surface area contributed by atoms with E-state index in [0.29, 0.717) is 0 Å². The van der Waals surface area contributed by atoms with Gasteiger partial charge < -0.3 is 9.47 Å². The van der Waals surface area contributed by atoms with Gasteiger partial charge in [0.1, 0.15) is 5.69 Å². The number of aromatic nitrogens is 1. The summed E-state index contributed by atoms with van der Waals surface area (Å²) in [5.74, 6) is 0.149. The fraction of sp³-hybridized carbons (Fsp3) is 0.357. The molecule has 1 aliphatic heterocycles. The van der Waals surface area contributed by atoms with Crippen LogP contribution in [0, 0.1) is 0 Å². The van der Waals surface area contributed by atoms with Crippen LogP contribution < -0.4 is 0 Å². The molecule has 1 aliphatic rings. The van der Waals surface area contributed by atoms with Crippen LogP contribution in [0.1, 0.15) is 22.5 Å². The quantitative estimate of drug-likeness (QED) is 0.678. The molecule has 3 heteroatoms. The van der Waals surface area contributed by atoms with Gasteiger partial charge in [0.2, 0.25) is 0 Å². The Kier molecular flexibility index (Phi) is 2.21. The second kappa shape index (κ2) is 3.62. The lowest BCUT2D eigenvalue weighted by molar-refractivity contribution is 0.0791. The summed E-state index contributed by atoms with van der Waals surface area (Å²) in [7, 11) is 3.87. The third kappa shape index (κ3) is 1.38. The fourth-order valence-electron chi connectivity index (χ4n) is 2.77. The summed E-state index contributed by atoms with van der Waals surface area (Å²) in [5.41, 5.74) is 3.24. The summed E-state index contributed by atoms with van der Waals surface area (Å²) in [5, 5.41) is 1.23. The van der Waals surface area contributed by atoms with Crippen LogP contribution in [0.5, 0.6) is 0 Å². The number of hydrogen-bond donors (Lipinski definition) is 0. The third-order valence-corrected chi connectivity index (χ3v) is 3.68. The molecule has 0 atom stereocenters. The molecule has 2 aromatic rings. The molecule has 1 amide bonds. The van der Waals surface area contributed by atoms with E-state index in [4.69, 9.17) is 0 Å². The van der Waals surface area contributed by atoms with Crippen molar-refractivity contribution in [3.05, 3.63) is 35.5 Å². The van der Waals surface area contributed by atoms with E-state index in [2.05, 4.69) is 12.1 Å². The Morgan fingerprint density at radius 3 is 2.76 bits per heavy atom. The molecule has 88 valence electrons. The number of nitrogens with zero attached hydrogens (tertiary/aromatic N) is 2. The lowest BCUT2D eigenvalue weighted by Crippen LogP contribution is -2.27. The third-order valence-electron chi connectivity index (χ3n) is 3.68.